The molecule has 2 aliphatic carbocycles. The maximum atomic E-state index is 5.72. The topological polar surface area (TPSA) is 46.3 Å². The van der Waals surface area contributed by atoms with Crippen molar-refractivity contribution in [2.75, 3.05) is 0 Å². The maximum Gasteiger partial charge on any atom is 0.141 e. The zero-order chi connectivity index (χ0) is 11.7. The Kier molecular flexibility index (Phi) is 1.54. The lowest BCUT2D eigenvalue weighted by molar-refractivity contribution is 0.00785. The summed E-state index contributed by atoms with van der Waals surface area (Å²) < 4.78 is 0. The molecule has 2 aliphatic heterocycles. The Morgan fingerprint density at radius 3 is 2.56 bits per heavy atom. The molecule has 4 aliphatic rings. The lowest BCUT2D eigenvalue weighted by Gasteiger charge is -2.36. The summed E-state index contributed by atoms with van der Waals surface area (Å²) in [6.45, 7) is 0. The van der Waals surface area contributed by atoms with Crippen LogP contribution >= 0.6 is 0 Å². The van der Waals surface area contributed by atoms with E-state index in [9.17, 15) is 0 Å². The van der Waals surface area contributed by atoms with E-state index in [4.69, 9.17) is 4.84 Å². The smallest absolute Gasteiger partial charge is 0.141 e. The molecule has 90 valence electrons. The Bertz CT molecular complexity index is 568. The second-order valence-corrected chi connectivity index (χ2v) is 5.71. The molecule has 0 radical (unpaired) electrons. The van der Waals surface area contributed by atoms with Crippen molar-refractivity contribution in [3.63, 3.8) is 0 Å². The predicted octanol–water partition coefficient (Wildman–Crippen LogP) is 2.26. The van der Waals surface area contributed by atoms with E-state index in [1.807, 2.05) is 6.07 Å². The number of hydrogen-bond donors (Lipinski definition) is 0. The van der Waals surface area contributed by atoms with E-state index in [2.05, 4.69) is 39.6 Å². The zero-order valence-electron chi connectivity index (χ0n) is 9.81. The summed E-state index contributed by atoms with van der Waals surface area (Å²) in [5, 5.41) is 12.9. The highest BCUT2D eigenvalue weighted by Gasteiger charge is 2.65. The second-order valence-electron chi connectivity index (χ2n) is 5.71. The van der Waals surface area contributed by atoms with Crippen LogP contribution in [0.4, 0.5) is 0 Å². The van der Waals surface area contributed by atoms with Gasteiger partial charge in [-0.25, -0.2) is 0 Å². The first-order valence-electron chi connectivity index (χ1n) is 6.62. The van der Waals surface area contributed by atoms with Gasteiger partial charge in [0, 0.05) is 5.92 Å². The quantitative estimate of drug-likeness (QED) is 0.741. The molecular formula is C14H13N3O. The van der Waals surface area contributed by atoms with Crippen LogP contribution in [-0.4, -0.2) is 23.9 Å². The number of oxime groups is 1. The molecule has 2 bridgehead atoms. The molecule has 6 atom stereocenters. The van der Waals surface area contributed by atoms with Crippen molar-refractivity contribution in [3.05, 3.63) is 35.9 Å². The Morgan fingerprint density at radius 2 is 1.78 bits per heavy atom. The fourth-order valence-electron chi connectivity index (χ4n) is 4.22. The number of rotatable bonds is 1. The van der Waals surface area contributed by atoms with E-state index in [-0.39, 0.29) is 6.10 Å². The van der Waals surface area contributed by atoms with Gasteiger partial charge in [-0.2, -0.15) is 10.2 Å². The number of nitrogens with zero attached hydrogens (tertiary/aromatic N) is 3. The molecule has 0 N–H and O–H groups in total. The minimum atomic E-state index is 0.255. The molecule has 2 heterocycles. The van der Waals surface area contributed by atoms with Crippen molar-refractivity contribution in [1.82, 2.24) is 0 Å². The largest absolute Gasteiger partial charge is 0.391 e. The van der Waals surface area contributed by atoms with Crippen LogP contribution in [0.25, 0.3) is 0 Å². The predicted molar refractivity (Wildman–Crippen MR) is 65.4 cm³/mol. The minimum absolute atomic E-state index is 0.255. The summed E-state index contributed by atoms with van der Waals surface area (Å²) >= 11 is 0. The molecule has 5 rings (SSSR count). The molecule has 0 amide bonds. The van der Waals surface area contributed by atoms with Gasteiger partial charge in [-0.1, -0.05) is 35.5 Å². The molecule has 0 spiro atoms. The van der Waals surface area contributed by atoms with Gasteiger partial charge in [-0.15, -0.1) is 0 Å². The Balaban J connectivity index is 1.56. The first kappa shape index (κ1) is 9.25. The third-order valence-corrected chi connectivity index (χ3v) is 5.00. The summed E-state index contributed by atoms with van der Waals surface area (Å²) in [7, 11) is 0. The van der Waals surface area contributed by atoms with Crippen LogP contribution in [0.1, 0.15) is 12.0 Å². The number of benzene rings is 1. The van der Waals surface area contributed by atoms with Crippen LogP contribution in [0.2, 0.25) is 0 Å². The van der Waals surface area contributed by atoms with Crippen LogP contribution in [0.3, 0.4) is 0 Å². The van der Waals surface area contributed by atoms with Crippen LogP contribution in [0, 0.1) is 17.8 Å². The van der Waals surface area contributed by atoms with Crippen molar-refractivity contribution < 1.29 is 4.84 Å². The van der Waals surface area contributed by atoms with Crippen LogP contribution in [-0.2, 0) is 4.84 Å². The number of hydrogen-bond acceptors (Lipinski definition) is 4. The normalized spacial score (nSPS) is 46.1. The molecule has 4 nitrogen and oxygen atoms in total. The molecule has 6 unspecified atom stereocenters. The highest BCUT2D eigenvalue weighted by molar-refractivity contribution is 6.03. The first-order valence-corrected chi connectivity index (χ1v) is 6.62. The molecule has 2 saturated carbocycles. The fourth-order valence-corrected chi connectivity index (χ4v) is 4.22. The van der Waals surface area contributed by atoms with Crippen molar-refractivity contribution >= 4 is 5.71 Å². The Labute approximate surface area is 105 Å². The Morgan fingerprint density at radius 1 is 1.00 bits per heavy atom. The number of azo groups is 1. The highest BCUT2D eigenvalue weighted by atomic mass is 16.6. The van der Waals surface area contributed by atoms with E-state index < -0.39 is 0 Å². The second kappa shape index (κ2) is 2.99. The highest BCUT2D eigenvalue weighted by Crippen LogP contribution is 2.58. The SMILES string of the molecule is c1ccc(C2=NOC3C4CC(C5N=NC45)C23)cc1. The van der Waals surface area contributed by atoms with E-state index in [1.54, 1.807) is 0 Å². The van der Waals surface area contributed by atoms with E-state index >= 15 is 0 Å². The third kappa shape index (κ3) is 0.923. The fraction of sp³-hybridized carbons (Fsp3) is 0.500. The summed E-state index contributed by atoms with van der Waals surface area (Å²) in [6, 6.07) is 11.3. The van der Waals surface area contributed by atoms with Gasteiger partial charge in [0.1, 0.15) is 12.1 Å². The third-order valence-electron chi connectivity index (χ3n) is 5.00. The van der Waals surface area contributed by atoms with E-state index in [1.165, 1.54) is 12.0 Å². The standard InChI is InChI=1S/C14H13N3O/c1-2-4-7(5-3-1)11-10-8-6-9(14(10)18-17-11)13-12(8)15-16-13/h1-5,8-10,12-14H,6H2. The van der Waals surface area contributed by atoms with Gasteiger partial charge >= 0.3 is 0 Å². The van der Waals surface area contributed by atoms with Gasteiger partial charge in [0.2, 0.25) is 0 Å². The van der Waals surface area contributed by atoms with Gasteiger partial charge in [0.25, 0.3) is 0 Å². The average Bonchev–Trinajstić information content (AvgIpc) is 2.98. The van der Waals surface area contributed by atoms with Crippen LogP contribution in [0.15, 0.2) is 45.7 Å². The summed E-state index contributed by atoms with van der Waals surface area (Å²) in [4.78, 5) is 5.72. The van der Waals surface area contributed by atoms with Gasteiger partial charge in [0.15, 0.2) is 0 Å². The molecule has 18 heavy (non-hydrogen) atoms. The lowest BCUT2D eigenvalue weighted by atomic mass is 9.76. The van der Waals surface area contributed by atoms with Crippen LogP contribution < -0.4 is 0 Å². The molecule has 0 saturated heterocycles. The van der Waals surface area contributed by atoms with E-state index in [0.29, 0.717) is 29.8 Å². The van der Waals surface area contributed by atoms with Crippen molar-refractivity contribution in [2.24, 2.45) is 33.1 Å². The van der Waals surface area contributed by atoms with Crippen molar-refractivity contribution in [1.29, 1.82) is 0 Å². The van der Waals surface area contributed by atoms with Crippen molar-refractivity contribution in [2.45, 2.75) is 24.6 Å². The summed E-state index contributed by atoms with van der Waals surface area (Å²) in [5.74, 6) is 1.59. The van der Waals surface area contributed by atoms with Crippen LogP contribution in [0.5, 0.6) is 0 Å². The van der Waals surface area contributed by atoms with Gasteiger partial charge < -0.3 is 4.84 Å². The monoisotopic (exact) mass is 239 g/mol. The molecule has 2 fully saturated rings. The molecular weight excluding hydrogens is 226 g/mol. The maximum absolute atomic E-state index is 5.72. The zero-order valence-corrected chi connectivity index (χ0v) is 9.81. The molecule has 4 heteroatoms. The molecule has 1 aromatic carbocycles. The lowest BCUT2D eigenvalue weighted by Crippen LogP contribution is -2.47. The summed E-state index contributed by atoms with van der Waals surface area (Å²) in [5.41, 5.74) is 2.33. The molecule has 1 aromatic rings. The summed E-state index contributed by atoms with van der Waals surface area (Å²) in [6.07, 6.45) is 1.47. The Hall–Kier alpha value is -1.71. The van der Waals surface area contributed by atoms with E-state index in [0.717, 1.165) is 5.71 Å². The van der Waals surface area contributed by atoms with Gasteiger partial charge in [-0.3, -0.25) is 0 Å². The minimum Gasteiger partial charge on any atom is -0.391 e. The number of fused-ring (bicyclic) bond motifs is 8. The van der Waals surface area contributed by atoms with Crippen molar-refractivity contribution in [3.8, 4) is 0 Å². The molecule has 0 aromatic heterocycles. The van der Waals surface area contributed by atoms with Gasteiger partial charge in [0.05, 0.1) is 17.7 Å². The average molecular weight is 239 g/mol. The first-order chi connectivity index (χ1) is 8.93. The van der Waals surface area contributed by atoms with Gasteiger partial charge in [-0.05, 0) is 17.9 Å².